The van der Waals surface area contributed by atoms with E-state index < -0.39 is 0 Å². The van der Waals surface area contributed by atoms with E-state index in [0.717, 1.165) is 22.4 Å². The molecule has 92 valence electrons. The number of hydrogen-bond donors (Lipinski definition) is 0. The monoisotopic (exact) mass is 298 g/mol. The summed E-state index contributed by atoms with van der Waals surface area (Å²) in [6, 6.07) is 3.99. The Morgan fingerprint density at radius 2 is 1.94 bits per heavy atom. The lowest BCUT2D eigenvalue weighted by Gasteiger charge is -2.12. The summed E-state index contributed by atoms with van der Waals surface area (Å²) in [4.78, 5) is 12.8. The second-order valence-corrected chi connectivity index (χ2v) is 4.17. The molecule has 0 unspecified atom stereocenters. The van der Waals surface area contributed by atoms with Crippen LogP contribution in [-0.2, 0) is 9.53 Å². The molecular formula is C13H15BrO3. The normalized spacial score (nSPS) is 10.6. The van der Waals surface area contributed by atoms with Gasteiger partial charge in [0, 0.05) is 0 Å². The number of carbonyl (C=O) groups excluding carboxylic acids is 1. The average Bonchev–Trinajstić information content (AvgIpc) is 2.28. The van der Waals surface area contributed by atoms with Crippen molar-refractivity contribution < 1.29 is 14.3 Å². The number of rotatable bonds is 4. The molecule has 0 radical (unpaired) electrons. The number of methoxy groups -OCH3 is 1. The Labute approximate surface area is 110 Å². The van der Waals surface area contributed by atoms with Gasteiger partial charge in [-0.15, -0.1) is 0 Å². The highest BCUT2D eigenvalue weighted by atomic mass is 79.9. The Bertz CT molecular complexity index is 415. The van der Waals surface area contributed by atoms with Crippen molar-refractivity contribution in [2.45, 2.75) is 13.8 Å². The molecule has 0 heterocycles. The van der Waals surface area contributed by atoms with E-state index in [4.69, 9.17) is 4.74 Å². The maximum atomic E-state index is 11.0. The zero-order valence-corrected chi connectivity index (χ0v) is 11.7. The van der Waals surface area contributed by atoms with Gasteiger partial charge in [0.05, 0.1) is 7.11 Å². The minimum atomic E-state index is -0.381. The number of hydrogen-bond acceptors (Lipinski definition) is 3. The van der Waals surface area contributed by atoms with Crippen LogP contribution in [0.5, 0.6) is 5.75 Å². The third-order valence-electron chi connectivity index (χ3n) is 2.30. The molecule has 0 aliphatic heterocycles. The predicted octanol–water partition coefficient (Wildman–Crippen LogP) is 3.22. The molecule has 0 aliphatic rings. The molecule has 0 spiro atoms. The summed E-state index contributed by atoms with van der Waals surface area (Å²) in [6.07, 6.45) is 1.95. The van der Waals surface area contributed by atoms with Crippen LogP contribution < -0.4 is 4.74 Å². The summed E-state index contributed by atoms with van der Waals surface area (Å²) in [7, 11) is 1.34. The van der Waals surface area contributed by atoms with Crippen molar-refractivity contribution >= 4 is 28.0 Å². The van der Waals surface area contributed by atoms with Gasteiger partial charge in [0.2, 0.25) is 0 Å². The molecule has 3 nitrogen and oxygen atoms in total. The molecule has 0 saturated heterocycles. The summed E-state index contributed by atoms with van der Waals surface area (Å²) in [5, 5.41) is 0. The second kappa shape index (κ2) is 6.45. The van der Waals surface area contributed by atoms with E-state index in [2.05, 4.69) is 20.7 Å². The van der Waals surface area contributed by atoms with Crippen LogP contribution >= 0.6 is 15.9 Å². The van der Waals surface area contributed by atoms with Gasteiger partial charge in [-0.25, -0.2) is 4.79 Å². The fourth-order valence-electron chi connectivity index (χ4n) is 1.57. The first-order chi connectivity index (χ1) is 8.08. The van der Waals surface area contributed by atoms with Crippen molar-refractivity contribution in [3.05, 3.63) is 33.8 Å². The molecule has 1 rings (SSSR count). The van der Waals surface area contributed by atoms with Gasteiger partial charge in [0.15, 0.2) is 6.61 Å². The van der Waals surface area contributed by atoms with Gasteiger partial charge >= 0.3 is 5.97 Å². The van der Waals surface area contributed by atoms with E-state index >= 15 is 0 Å². The minimum absolute atomic E-state index is 0.0637. The molecule has 4 heteroatoms. The lowest BCUT2D eigenvalue weighted by Crippen LogP contribution is -2.13. The van der Waals surface area contributed by atoms with Crippen molar-refractivity contribution in [3.63, 3.8) is 0 Å². The lowest BCUT2D eigenvalue weighted by atomic mass is 10.1. The van der Waals surface area contributed by atoms with Crippen LogP contribution in [0.15, 0.2) is 17.1 Å². The molecule has 17 heavy (non-hydrogen) atoms. The average molecular weight is 299 g/mol. The molecule has 0 aromatic heterocycles. The highest BCUT2D eigenvalue weighted by Crippen LogP contribution is 2.25. The van der Waals surface area contributed by atoms with Crippen molar-refractivity contribution in [3.8, 4) is 5.75 Å². The zero-order chi connectivity index (χ0) is 12.8. The van der Waals surface area contributed by atoms with E-state index in [1.165, 1.54) is 7.11 Å². The van der Waals surface area contributed by atoms with Crippen molar-refractivity contribution in [1.29, 1.82) is 0 Å². The van der Waals surface area contributed by atoms with Gasteiger partial charge < -0.3 is 9.47 Å². The quantitative estimate of drug-likeness (QED) is 0.801. The molecule has 0 saturated carbocycles. The van der Waals surface area contributed by atoms with Gasteiger partial charge in [-0.3, -0.25) is 0 Å². The van der Waals surface area contributed by atoms with Crippen LogP contribution in [0, 0.1) is 13.8 Å². The summed E-state index contributed by atoms with van der Waals surface area (Å²) in [5.74, 6) is 0.357. The first-order valence-electron chi connectivity index (χ1n) is 5.16. The topological polar surface area (TPSA) is 35.5 Å². The summed E-state index contributed by atoms with van der Waals surface area (Å²) in [6.45, 7) is 3.84. The molecule has 0 N–H and O–H groups in total. The van der Waals surface area contributed by atoms with Gasteiger partial charge in [-0.05, 0) is 53.7 Å². The van der Waals surface area contributed by atoms with E-state index in [0.29, 0.717) is 0 Å². The fraction of sp³-hybridized carbons (Fsp3) is 0.308. The van der Waals surface area contributed by atoms with Gasteiger partial charge in [0.1, 0.15) is 5.75 Å². The number of esters is 1. The maximum absolute atomic E-state index is 11.0. The Hall–Kier alpha value is -1.29. The first kappa shape index (κ1) is 13.8. The maximum Gasteiger partial charge on any atom is 0.343 e. The summed E-state index contributed by atoms with van der Waals surface area (Å²) in [5.41, 5.74) is 3.08. The smallest absolute Gasteiger partial charge is 0.343 e. The SMILES string of the molecule is COC(=O)COc1c(C)cc(/C=C/Br)cc1C. The van der Waals surface area contributed by atoms with Crippen molar-refractivity contribution in [2.24, 2.45) is 0 Å². The predicted molar refractivity (Wildman–Crippen MR) is 71.4 cm³/mol. The summed E-state index contributed by atoms with van der Waals surface area (Å²) >= 11 is 3.24. The van der Waals surface area contributed by atoms with Gasteiger partial charge in [-0.1, -0.05) is 15.9 Å². The molecule has 0 bridgehead atoms. The molecule has 1 aromatic carbocycles. The van der Waals surface area contributed by atoms with Gasteiger partial charge in [0.25, 0.3) is 0 Å². The Kier molecular flexibility index (Phi) is 5.22. The standard InChI is InChI=1S/C13H15BrO3/c1-9-6-11(4-5-14)7-10(2)13(9)17-8-12(15)16-3/h4-7H,8H2,1-3H3/b5-4+. The number of halogens is 1. The van der Waals surface area contributed by atoms with Crippen LogP contribution in [0.2, 0.25) is 0 Å². The number of ether oxygens (including phenoxy) is 2. The van der Waals surface area contributed by atoms with Crippen LogP contribution in [-0.4, -0.2) is 19.7 Å². The third-order valence-corrected chi connectivity index (χ3v) is 2.56. The van der Waals surface area contributed by atoms with E-state index in [9.17, 15) is 4.79 Å². The van der Waals surface area contributed by atoms with Crippen molar-refractivity contribution in [2.75, 3.05) is 13.7 Å². The molecular weight excluding hydrogens is 284 g/mol. The van der Waals surface area contributed by atoms with Gasteiger partial charge in [-0.2, -0.15) is 0 Å². The summed E-state index contributed by atoms with van der Waals surface area (Å²) < 4.78 is 9.98. The lowest BCUT2D eigenvalue weighted by molar-refractivity contribution is -0.142. The first-order valence-corrected chi connectivity index (χ1v) is 6.07. The largest absolute Gasteiger partial charge is 0.481 e. The Balaban J connectivity index is 2.90. The molecule has 0 aliphatic carbocycles. The second-order valence-electron chi connectivity index (χ2n) is 3.64. The molecule has 0 atom stereocenters. The number of carbonyl (C=O) groups is 1. The van der Waals surface area contributed by atoms with Crippen LogP contribution in [0.3, 0.4) is 0 Å². The van der Waals surface area contributed by atoms with Crippen LogP contribution in [0.4, 0.5) is 0 Å². The fourth-order valence-corrected chi connectivity index (χ4v) is 1.88. The molecule has 0 fully saturated rings. The van der Waals surface area contributed by atoms with E-state index in [-0.39, 0.29) is 12.6 Å². The Morgan fingerprint density at radius 1 is 1.35 bits per heavy atom. The van der Waals surface area contributed by atoms with E-state index in [1.54, 1.807) is 4.99 Å². The van der Waals surface area contributed by atoms with Crippen molar-refractivity contribution in [1.82, 2.24) is 0 Å². The van der Waals surface area contributed by atoms with Crippen LogP contribution in [0.1, 0.15) is 16.7 Å². The Morgan fingerprint density at radius 3 is 2.41 bits per heavy atom. The minimum Gasteiger partial charge on any atom is -0.481 e. The third kappa shape index (κ3) is 3.89. The molecule has 1 aromatic rings. The van der Waals surface area contributed by atoms with Crippen LogP contribution in [0.25, 0.3) is 6.08 Å². The highest BCUT2D eigenvalue weighted by Gasteiger charge is 2.08. The zero-order valence-electron chi connectivity index (χ0n) is 10.1. The molecule has 0 amide bonds. The highest BCUT2D eigenvalue weighted by molar-refractivity contribution is 9.11. The number of benzene rings is 1. The van der Waals surface area contributed by atoms with E-state index in [1.807, 2.05) is 32.1 Å². The number of aryl methyl sites for hydroxylation is 2.